The first-order chi connectivity index (χ1) is 13.6. The van der Waals surface area contributed by atoms with Crippen molar-refractivity contribution in [1.29, 1.82) is 0 Å². The van der Waals surface area contributed by atoms with Crippen molar-refractivity contribution >= 4 is 5.91 Å². The molecule has 1 aliphatic rings. The molecule has 28 heavy (non-hydrogen) atoms. The highest BCUT2D eigenvalue weighted by atomic mass is 19.1. The molecule has 0 aromatic heterocycles. The van der Waals surface area contributed by atoms with Crippen LogP contribution in [0.3, 0.4) is 0 Å². The summed E-state index contributed by atoms with van der Waals surface area (Å²) in [6.45, 7) is 3.53. The van der Waals surface area contributed by atoms with Gasteiger partial charge in [0.25, 0.3) is 5.91 Å². The molecule has 0 spiro atoms. The van der Waals surface area contributed by atoms with Crippen LogP contribution in [-0.2, 0) is 6.54 Å². The summed E-state index contributed by atoms with van der Waals surface area (Å²) in [7, 11) is 4.78. The SMILES string of the molecule is COc1cc(C[NH+]2CCN(C(=O)c3ccccc3F)CC2)cc(OC)c1OC. The van der Waals surface area contributed by atoms with E-state index in [2.05, 4.69) is 0 Å². The minimum atomic E-state index is -0.473. The van der Waals surface area contributed by atoms with Crippen molar-refractivity contribution in [3.63, 3.8) is 0 Å². The molecule has 0 saturated carbocycles. The van der Waals surface area contributed by atoms with Crippen LogP contribution in [0.1, 0.15) is 15.9 Å². The van der Waals surface area contributed by atoms with Crippen LogP contribution in [0.5, 0.6) is 17.2 Å². The molecule has 1 aliphatic heterocycles. The molecule has 150 valence electrons. The van der Waals surface area contributed by atoms with E-state index in [0.717, 1.165) is 25.2 Å². The Morgan fingerprint density at radius 1 is 1.04 bits per heavy atom. The Kier molecular flexibility index (Phi) is 6.36. The van der Waals surface area contributed by atoms with Crippen LogP contribution >= 0.6 is 0 Å². The van der Waals surface area contributed by atoms with Crippen molar-refractivity contribution in [2.75, 3.05) is 47.5 Å². The summed E-state index contributed by atoms with van der Waals surface area (Å²) >= 11 is 0. The molecule has 0 unspecified atom stereocenters. The number of nitrogens with one attached hydrogen (secondary N) is 1. The fraction of sp³-hybridized carbons (Fsp3) is 0.381. The minimum absolute atomic E-state index is 0.135. The lowest BCUT2D eigenvalue weighted by molar-refractivity contribution is -0.917. The van der Waals surface area contributed by atoms with E-state index in [1.165, 1.54) is 17.0 Å². The van der Waals surface area contributed by atoms with E-state index in [-0.39, 0.29) is 11.5 Å². The number of carbonyl (C=O) groups is 1. The molecule has 0 radical (unpaired) electrons. The summed E-state index contributed by atoms with van der Waals surface area (Å²) in [4.78, 5) is 15.6. The number of ether oxygens (including phenoxy) is 3. The summed E-state index contributed by atoms with van der Waals surface area (Å²) in [6, 6.07) is 10.0. The van der Waals surface area contributed by atoms with Crippen molar-refractivity contribution in [2.24, 2.45) is 0 Å². The van der Waals surface area contributed by atoms with Crippen molar-refractivity contribution in [3.8, 4) is 17.2 Å². The number of piperazine rings is 1. The quantitative estimate of drug-likeness (QED) is 0.811. The van der Waals surface area contributed by atoms with E-state index in [1.807, 2.05) is 12.1 Å². The maximum Gasteiger partial charge on any atom is 0.257 e. The number of halogens is 1. The lowest BCUT2D eigenvalue weighted by Crippen LogP contribution is -3.13. The smallest absolute Gasteiger partial charge is 0.257 e. The summed E-state index contributed by atoms with van der Waals surface area (Å²) in [5.74, 6) is 1.11. The molecule has 3 rings (SSSR count). The van der Waals surface area contributed by atoms with E-state index in [0.29, 0.717) is 30.3 Å². The molecular weight excluding hydrogens is 363 g/mol. The van der Waals surface area contributed by atoms with Gasteiger partial charge in [-0.1, -0.05) is 12.1 Å². The molecule has 2 aromatic rings. The third-order valence-electron chi connectivity index (χ3n) is 5.04. The van der Waals surface area contributed by atoms with Gasteiger partial charge in [0, 0.05) is 5.56 Å². The van der Waals surface area contributed by atoms with Crippen LogP contribution in [0.15, 0.2) is 36.4 Å². The molecule has 0 aliphatic carbocycles. The first kappa shape index (κ1) is 19.9. The molecule has 6 nitrogen and oxygen atoms in total. The number of carbonyl (C=O) groups excluding carboxylic acids is 1. The van der Waals surface area contributed by atoms with Crippen molar-refractivity contribution in [3.05, 3.63) is 53.3 Å². The Hall–Kier alpha value is -2.80. The highest BCUT2D eigenvalue weighted by molar-refractivity contribution is 5.94. The average molecular weight is 389 g/mol. The molecule has 1 saturated heterocycles. The van der Waals surface area contributed by atoms with E-state index in [4.69, 9.17) is 14.2 Å². The standard InChI is InChI=1S/C21H25FN2O4/c1-26-18-12-15(13-19(27-2)20(18)28-3)14-23-8-10-24(11-9-23)21(25)16-6-4-5-7-17(16)22/h4-7,12-13H,8-11,14H2,1-3H3/p+1. The fourth-order valence-corrected chi connectivity index (χ4v) is 3.53. The summed E-state index contributed by atoms with van der Waals surface area (Å²) in [5, 5.41) is 0. The summed E-state index contributed by atoms with van der Waals surface area (Å²) in [6.07, 6.45) is 0. The number of methoxy groups -OCH3 is 3. The lowest BCUT2D eigenvalue weighted by Gasteiger charge is -2.32. The normalized spacial score (nSPS) is 14.6. The number of nitrogens with zero attached hydrogens (tertiary/aromatic N) is 1. The van der Waals surface area contributed by atoms with Gasteiger partial charge in [-0.05, 0) is 24.3 Å². The molecule has 0 atom stereocenters. The van der Waals surface area contributed by atoms with Gasteiger partial charge in [0.05, 0.1) is 53.1 Å². The van der Waals surface area contributed by atoms with Crippen LogP contribution < -0.4 is 19.1 Å². The zero-order valence-corrected chi connectivity index (χ0v) is 16.5. The molecule has 2 aromatic carbocycles. The van der Waals surface area contributed by atoms with Crippen LogP contribution in [0.25, 0.3) is 0 Å². The highest BCUT2D eigenvalue weighted by Crippen LogP contribution is 2.38. The predicted molar refractivity (Wildman–Crippen MR) is 103 cm³/mol. The maximum atomic E-state index is 13.9. The topological polar surface area (TPSA) is 52.4 Å². The van der Waals surface area contributed by atoms with Gasteiger partial charge in [-0.2, -0.15) is 0 Å². The number of amides is 1. The number of hydrogen-bond donors (Lipinski definition) is 1. The molecule has 1 N–H and O–H groups in total. The molecule has 7 heteroatoms. The molecule has 1 heterocycles. The first-order valence-electron chi connectivity index (χ1n) is 9.23. The zero-order chi connectivity index (χ0) is 20.1. The average Bonchev–Trinajstić information content (AvgIpc) is 2.73. The zero-order valence-electron chi connectivity index (χ0n) is 16.5. The van der Waals surface area contributed by atoms with Gasteiger partial charge in [-0.15, -0.1) is 0 Å². The van der Waals surface area contributed by atoms with Crippen LogP contribution in [0.2, 0.25) is 0 Å². The molecule has 1 fully saturated rings. The molecular formula is C21H26FN2O4+. The van der Waals surface area contributed by atoms with Gasteiger partial charge >= 0.3 is 0 Å². The fourth-order valence-electron chi connectivity index (χ4n) is 3.53. The maximum absolute atomic E-state index is 13.9. The number of hydrogen-bond acceptors (Lipinski definition) is 4. The van der Waals surface area contributed by atoms with Crippen molar-refractivity contribution in [2.45, 2.75) is 6.54 Å². The van der Waals surface area contributed by atoms with E-state index in [9.17, 15) is 9.18 Å². The van der Waals surface area contributed by atoms with E-state index >= 15 is 0 Å². The third kappa shape index (κ3) is 4.20. The Balaban J connectivity index is 1.64. The van der Waals surface area contributed by atoms with Gasteiger partial charge < -0.3 is 24.0 Å². The van der Waals surface area contributed by atoms with Crippen LogP contribution in [0, 0.1) is 5.82 Å². The van der Waals surface area contributed by atoms with Gasteiger partial charge in [-0.3, -0.25) is 4.79 Å². The summed E-state index contributed by atoms with van der Waals surface area (Å²) < 4.78 is 30.1. The van der Waals surface area contributed by atoms with Gasteiger partial charge in [0.1, 0.15) is 12.4 Å². The second-order valence-corrected chi connectivity index (χ2v) is 6.73. The lowest BCUT2D eigenvalue weighted by atomic mass is 10.1. The predicted octanol–water partition coefficient (Wildman–Crippen LogP) is 1.39. The van der Waals surface area contributed by atoms with Gasteiger partial charge in [0.2, 0.25) is 5.75 Å². The van der Waals surface area contributed by atoms with Crippen molar-refractivity contribution < 1.29 is 28.3 Å². The van der Waals surface area contributed by atoms with Gasteiger partial charge in [0.15, 0.2) is 11.5 Å². The Bertz CT molecular complexity index is 810. The molecule has 1 amide bonds. The highest BCUT2D eigenvalue weighted by Gasteiger charge is 2.26. The van der Waals surface area contributed by atoms with Gasteiger partial charge in [-0.25, -0.2) is 4.39 Å². The number of benzene rings is 2. The van der Waals surface area contributed by atoms with Crippen LogP contribution in [0.4, 0.5) is 4.39 Å². The van der Waals surface area contributed by atoms with Crippen LogP contribution in [-0.4, -0.2) is 58.3 Å². The van der Waals surface area contributed by atoms with E-state index < -0.39 is 5.82 Å². The second kappa shape index (κ2) is 8.93. The monoisotopic (exact) mass is 389 g/mol. The number of rotatable bonds is 6. The van der Waals surface area contributed by atoms with Crippen molar-refractivity contribution in [1.82, 2.24) is 4.90 Å². The van der Waals surface area contributed by atoms with E-state index in [1.54, 1.807) is 38.4 Å². The largest absolute Gasteiger partial charge is 0.493 e. The number of quaternary nitrogens is 1. The molecule has 0 bridgehead atoms. The first-order valence-corrected chi connectivity index (χ1v) is 9.23. The summed E-state index contributed by atoms with van der Waals surface area (Å²) in [5.41, 5.74) is 1.20. The third-order valence-corrected chi connectivity index (χ3v) is 5.04. The Morgan fingerprint density at radius 2 is 1.64 bits per heavy atom. The second-order valence-electron chi connectivity index (χ2n) is 6.73. The Labute approximate surface area is 164 Å². The minimum Gasteiger partial charge on any atom is -0.493 e. The Morgan fingerprint density at radius 3 is 2.18 bits per heavy atom.